The van der Waals surface area contributed by atoms with Crippen LogP contribution in [0.1, 0.15) is 32.6 Å². The predicted octanol–water partition coefficient (Wildman–Crippen LogP) is 0.500. The van der Waals surface area contributed by atoms with Gasteiger partial charge in [-0.15, -0.1) is 0 Å². The number of hydrogen-bond donors (Lipinski definition) is 1. The standard InChI is InChI=1S/C12H22N2O2S/c1-2-4-12(5-3-6-13-12)11(15)14-7-9-17(16)10-8-14/h13H,2-10H2,1H3. The molecule has 2 aliphatic rings. The van der Waals surface area contributed by atoms with E-state index < -0.39 is 10.8 Å². The summed E-state index contributed by atoms with van der Waals surface area (Å²) in [5.74, 6) is 1.54. The fourth-order valence-corrected chi connectivity index (χ4v) is 3.93. The largest absolute Gasteiger partial charge is 0.339 e. The van der Waals surface area contributed by atoms with Crippen LogP contribution in [0.4, 0.5) is 0 Å². The predicted molar refractivity (Wildman–Crippen MR) is 69.3 cm³/mol. The molecule has 1 amide bonds. The zero-order valence-electron chi connectivity index (χ0n) is 10.5. The lowest BCUT2D eigenvalue weighted by Crippen LogP contribution is -2.57. The Kier molecular flexibility index (Phi) is 4.20. The van der Waals surface area contributed by atoms with Crippen LogP contribution in [0.2, 0.25) is 0 Å². The van der Waals surface area contributed by atoms with Gasteiger partial charge in [-0.3, -0.25) is 9.00 Å². The van der Waals surface area contributed by atoms with Gasteiger partial charge in [0.1, 0.15) is 0 Å². The first-order valence-corrected chi connectivity index (χ1v) is 8.06. The zero-order chi connectivity index (χ0) is 12.3. The Morgan fingerprint density at radius 1 is 1.41 bits per heavy atom. The van der Waals surface area contributed by atoms with Crippen LogP contribution in [0.15, 0.2) is 0 Å². The molecule has 2 rings (SSSR count). The lowest BCUT2D eigenvalue weighted by atomic mass is 9.90. The van der Waals surface area contributed by atoms with E-state index in [2.05, 4.69) is 12.2 Å². The molecule has 1 atom stereocenters. The van der Waals surface area contributed by atoms with Gasteiger partial charge in [0.15, 0.2) is 0 Å². The molecule has 1 unspecified atom stereocenters. The minimum absolute atomic E-state index is 0.244. The summed E-state index contributed by atoms with van der Waals surface area (Å²) in [5, 5.41) is 3.41. The van der Waals surface area contributed by atoms with Gasteiger partial charge in [0, 0.05) is 35.4 Å². The molecule has 0 saturated carbocycles. The van der Waals surface area contributed by atoms with Crippen LogP contribution in [-0.2, 0) is 15.6 Å². The summed E-state index contributed by atoms with van der Waals surface area (Å²) in [6, 6.07) is 0. The summed E-state index contributed by atoms with van der Waals surface area (Å²) in [6.45, 7) is 4.41. The summed E-state index contributed by atoms with van der Waals surface area (Å²) >= 11 is 0. The van der Waals surface area contributed by atoms with E-state index in [0.717, 1.165) is 32.2 Å². The van der Waals surface area contributed by atoms with Gasteiger partial charge in [-0.25, -0.2) is 0 Å². The summed E-state index contributed by atoms with van der Waals surface area (Å²) in [6.07, 6.45) is 3.99. The first-order chi connectivity index (χ1) is 8.18. The van der Waals surface area contributed by atoms with Gasteiger partial charge < -0.3 is 10.2 Å². The van der Waals surface area contributed by atoms with Crippen LogP contribution < -0.4 is 5.32 Å². The highest BCUT2D eigenvalue weighted by atomic mass is 32.2. The molecular formula is C12H22N2O2S. The van der Waals surface area contributed by atoms with Gasteiger partial charge >= 0.3 is 0 Å². The molecule has 2 aliphatic heterocycles. The second-order valence-corrected chi connectivity index (χ2v) is 6.70. The molecule has 0 aliphatic carbocycles. The van der Waals surface area contributed by atoms with Crippen LogP contribution in [0.3, 0.4) is 0 Å². The van der Waals surface area contributed by atoms with E-state index in [-0.39, 0.29) is 11.4 Å². The quantitative estimate of drug-likeness (QED) is 0.802. The molecule has 2 heterocycles. The molecule has 0 aromatic rings. The number of rotatable bonds is 3. The fraction of sp³-hybridized carbons (Fsp3) is 0.917. The van der Waals surface area contributed by atoms with Crippen molar-refractivity contribution in [2.24, 2.45) is 0 Å². The highest BCUT2D eigenvalue weighted by molar-refractivity contribution is 7.85. The maximum absolute atomic E-state index is 12.6. The van der Waals surface area contributed by atoms with Crippen molar-refractivity contribution >= 4 is 16.7 Å². The molecule has 0 spiro atoms. The van der Waals surface area contributed by atoms with E-state index >= 15 is 0 Å². The molecular weight excluding hydrogens is 236 g/mol. The third-order valence-corrected chi connectivity index (χ3v) is 5.07. The van der Waals surface area contributed by atoms with E-state index in [1.54, 1.807) is 0 Å². The molecule has 2 fully saturated rings. The normalized spacial score (nSPS) is 30.8. The van der Waals surface area contributed by atoms with Gasteiger partial charge in [0.2, 0.25) is 5.91 Å². The lowest BCUT2D eigenvalue weighted by Gasteiger charge is -2.36. The van der Waals surface area contributed by atoms with E-state index in [1.807, 2.05) is 4.90 Å². The van der Waals surface area contributed by atoms with Gasteiger partial charge in [-0.1, -0.05) is 13.3 Å². The van der Waals surface area contributed by atoms with Crippen LogP contribution >= 0.6 is 0 Å². The maximum Gasteiger partial charge on any atom is 0.242 e. The van der Waals surface area contributed by atoms with Crippen molar-refractivity contribution in [1.82, 2.24) is 10.2 Å². The Morgan fingerprint density at radius 2 is 2.12 bits per heavy atom. The van der Waals surface area contributed by atoms with E-state index in [9.17, 15) is 9.00 Å². The molecule has 17 heavy (non-hydrogen) atoms. The Bertz CT molecular complexity index is 304. The molecule has 5 heteroatoms. The van der Waals surface area contributed by atoms with Crippen LogP contribution in [0, 0.1) is 0 Å². The zero-order valence-corrected chi connectivity index (χ0v) is 11.4. The van der Waals surface area contributed by atoms with E-state index in [1.165, 1.54) is 0 Å². The summed E-state index contributed by atoms with van der Waals surface area (Å²) in [7, 11) is -0.711. The van der Waals surface area contributed by atoms with Crippen molar-refractivity contribution in [2.75, 3.05) is 31.1 Å². The number of carbonyl (C=O) groups is 1. The third kappa shape index (κ3) is 2.71. The average Bonchev–Trinajstić information content (AvgIpc) is 2.79. The molecule has 98 valence electrons. The van der Waals surface area contributed by atoms with E-state index in [4.69, 9.17) is 0 Å². The maximum atomic E-state index is 12.6. The number of nitrogens with one attached hydrogen (secondary N) is 1. The molecule has 4 nitrogen and oxygen atoms in total. The van der Waals surface area contributed by atoms with Crippen molar-refractivity contribution in [3.63, 3.8) is 0 Å². The third-order valence-electron chi connectivity index (χ3n) is 3.79. The van der Waals surface area contributed by atoms with Gasteiger partial charge in [0.05, 0.1) is 5.54 Å². The number of hydrogen-bond acceptors (Lipinski definition) is 3. The molecule has 2 saturated heterocycles. The minimum Gasteiger partial charge on any atom is -0.339 e. The molecule has 1 N–H and O–H groups in total. The number of carbonyl (C=O) groups excluding carboxylic acids is 1. The van der Waals surface area contributed by atoms with Crippen LogP contribution in [0.25, 0.3) is 0 Å². The summed E-state index contributed by atoms with van der Waals surface area (Å²) in [4.78, 5) is 14.5. The SMILES string of the molecule is CCCC1(C(=O)N2CCS(=O)CC2)CCCN1. The fourth-order valence-electron chi connectivity index (χ4n) is 2.88. The Balaban J connectivity index is 2.03. The second kappa shape index (κ2) is 5.48. The molecule has 0 aromatic heterocycles. The van der Waals surface area contributed by atoms with Crippen molar-refractivity contribution in [1.29, 1.82) is 0 Å². The number of nitrogens with zero attached hydrogens (tertiary/aromatic N) is 1. The van der Waals surface area contributed by atoms with Crippen molar-refractivity contribution in [2.45, 2.75) is 38.1 Å². The average molecular weight is 258 g/mol. The van der Waals surface area contributed by atoms with Crippen LogP contribution in [-0.4, -0.2) is 51.7 Å². The molecule has 0 radical (unpaired) electrons. The second-order valence-electron chi connectivity index (χ2n) is 5.00. The molecule has 0 aromatic carbocycles. The summed E-state index contributed by atoms with van der Waals surface area (Å²) in [5.41, 5.74) is -0.312. The number of amides is 1. The monoisotopic (exact) mass is 258 g/mol. The highest BCUT2D eigenvalue weighted by Crippen LogP contribution is 2.27. The first-order valence-electron chi connectivity index (χ1n) is 6.57. The smallest absolute Gasteiger partial charge is 0.242 e. The van der Waals surface area contributed by atoms with Crippen LogP contribution in [0.5, 0.6) is 0 Å². The first kappa shape index (κ1) is 13.0. The molecule has 0 bridgehead atoms. The lowest BCUT2D eigenvalue weighted by molar-refractivity contribution is -0.137. The summed E-state index contributed by atoms with van der Waals surface area (Å²) < 4.78 is 11.3. The Morgan fingerprint density at radius 3 is 2.65 bits per heavy atom. The van der Waals surface area contributed by atoms with Gasteiger partial charge in [-0.2, -0.15) is 0 Å². The highest BCUT2D eigenvalue weighted by Gasteiger charge is 2.42. The van der Waals surface area contributed by atoms with Gasteiger partial charge in [-0.05, 0) is 25.8 Å². The van der Waals surface area contributed by atoms with E-state index in [0.29, 0.717) is 24.6 Å². The van der Waals surface area contributed by atoms with Crippen molar-refractivity contribution in [3.05, 3.63) is 0 Å². The van der Waals surface area contributed by atoms with Gasteiger partial charge in [0.25, 0.3) is 0 Å². The van der Waals surface area contributed by atoms with Crippen molar-refractivity contribution in [3.8, 4) is 0 Å². The Hall–Kier alpha value is -0.420. The Labute approximate surface area is 106 Å². The topological polar surface area (TPSA) is 49.4 Å². The minimum atomic E-state index is -0.711. The van der Waals surface area contributed by atoms with Crippen molar-refractivity contribution < 1.29 is 9.00 Å².